The van der Waals surface area contributed by atoms with Crippen LogP contribution in [0, 0.1) is 11.3 Å². The molecule has 0 aromatic rings. The van der Waals surface area contributed by atoms with E-state index in [1.165, 1.54) is 25.7 Å². The highest BCUT2D eigenvalue weighted by molar-refractivity contribution is 5.72. The Morgan fingerprint density at radius 2 is 1.93 bits per heavy atom. The molecule has 1 aliphatic carbocycles. The zero-order valence-electron chi connectivity index (χ0n) is 8.99. The van der Waals surface area contributed by atoms with E-state index in [1.807, 2.05) is 13.8 Å². The van der Waals surface area contributed by atoms with Crippen LogP contribution in [0.15, 0.2) is 0 Å². The quantitative estimate of drug-likeness (QED) is 0.730. The maximum absolute atomic E-state index is 10.7. The molecule has 1 fully saturated rings. The molecule has 0 aromatic heterocycles. The Hall–Kier alpha value is -0.570. The van der Waals surface area contributed by atoms with Crippen LogP contribution >= 0.6 is 0 Å². The Labute approximate surface area is 85.1 Å². The molecule has 1 saturated carbocycles. The number of hydrogen-bond donors (Lipinski definition) is 2. The molecule has 1 rings (SSSR count). The minimum Gasteiger partial charge on any atom is -0.479 e. The monoisotopic (exact) mass is 200 g/mol. The third-order valence-corrected chi connectivity index (χ3v) is 3.26. The average molecular weight is 200 g/mol. The smallest absolute Gasteiger partial charge is 0.333 e. The molecule has 0 heterocycles. The number of aliphatic carboxylic acids is 1. The summed E-state index contributed by atoms with van der Waals surface area (Å²) in [6.45, 7) is 3.67. The molecule has 14 heavy (non-hydrogen) atoms. The topological polar surface area (TPSA) is 57.5 Å². The second kappa shape index (κ2) is 4.30. The predicted molar refractivity (Wildman–Crippen MR) is 54.0 cm³/mol. The molecule has 0 amide bonds. The van der Waals surface area contributed by atoms with Gasteiger partial charge in [-0.2, -0.15) is 0 Å². The number of carboxylic acid groups (broad SMARTS) is 1. The molecule has 82 valence electrons. The van der Waals surface area contributed by atoms with Crippen LogP contribution in [0.5, 0.6) is 0 Å². The summed E-state index contributed by atoms with van der Waals surface area (Å²) in [5, 5.41) is 18.3. The molecule has 1 unspecified atom stereocenters. The Kier molecular flexibility index (Phi) is 3.53. The van der Waals surface area contributed by atoms with Crippen molar-refractivity contribution in [2.45, 2.75) is 52.1 Å². The Balaban J connectivity index is 2.51. The number of hydrogen-bond acceptors (Lipinski definition) is 2. The van der Waals surface area contributed by atoms with E-state index in [0.717, 1.165) is 6.42 Å². The molecule has 0 aliphatic heterocycles. The molecule has 0 radical (unpaired) electrons. The van der Waals surface area contributed by atoms with Gasteiger partial charge < -0.3 is 10.2 Å². The van der Waals surface area contributed by atoms with Crippen molar-refractivity contribution in [2.75, 3.05) is 0 Å². The Bertz CT molecular complexity index is 205. The molecule has 3 heteroatoms. The van der Waals surface area contributed by atoms with Crippen molar-refractivity contribution in [3.8, 4) is 0 Å². The highest BCUT2D eigenvalue weighted by Crippen LogP contribution is 2.37. The molecular formula is C11H20O3. The molecule has 3 nitrogen and oxygen atoms in total. The fraction of sp³-hybridized carbons (Fsp3) is 0.909. The van der Waals surface area contributed by atoms with Crippen molar-refractivity contribution in [1.82, 2.24) is 0 Å². The molecule has 1 aliphatic rings. The lowest BCUT2D eigenvalue weighted by Gasteiger charge is -2.30. The van der Waals surface area contributed by atoms with Gasteiger partial charge in [0, 0.05) is 5.41 Å². The van der Waals surface area contributed by atoms with Crippen LogP contribution in [0.2, 0.25) is 0 Å². The van der Waals surface area contributed by atoms with E-state index < -0.39 is 17.5 Å². The third kappa shape index (κ3) is 2.71. The van der Waals surface area contributed by atoms with E-state index in [-0.39, 0.29) is 0 Å². The van der Waals surface area contributed by atoms with Crippen LogP contribution in [-0.2, 0) is 4.79 Å². The van der Waals surface area contributed by atoms with Gasteiger partial charge in [-0.15, -0.1) is 0 Å². The predicted octanol–water partition coefficient (Wildman–Crippen LogP) is 2.04. The average Bonchev–Trinajstić information content (AvgIpc) is 2.54. The number of carbonyl (C=O) groups is 1. The Morgan fingerprint density at radius 3 is 2.36 bits per heavy atom. The van der Waals surface area contributed by atoms with E-state index in [9.17, 15) is 9.90 Å². The first-order valence-corrected chi connectivity index (χ1v) is 5.34. The fourth-order valence-corrected chi connectivity index (χ4v) is 2.40. The molecule has 0 saturated heterocycles. The lowest BCUT2D eigenvalue weighted by Crippen LogP contribution is -2.37. The SMILES string of the molecule is CC(C)(CC1CCCC1)C(O)C(=O)O. The maximum atomic E-state index is 10.7. The van der Waals surface area contributed by atoms with E-state index in [4.69, 9.17) is 5.11 Å². The summed E-state index contributed by atoms with van der Waals surface area (Å²) in [6, 6.07) is 0. The van der Waals surface area contributed by atoms with Crippen molar-refractivity contribution < 1.29 is 15.0 Å². The first-order chi connectivity index (χ1) is 6.43. The summed E-state index contributed by atoms with van der Waals surface area (Å²) in [6.07, 6.45) is 4.47. The van der Waals surface area contributed by atoms with Gasteiger partial charge in [0.2, 0.25) is 0 Å². The lowest BCUT2D eigenvalue weighted by atomic mass is 9.77. The summed E-state index contributed by atoms with van der Waals surface area (Å²) in [5.41, 5.74) is -0.499. The van der Waals surface area contributed by atoms with Gasteiger partial charge in [-0.05, 0) is 12.3 Å². The minimum absolute atomic E-state index is 0.499. The van der Waals surface area contributed by atoms with Gasteiger partial charge in [0.05, 0.1) is 0 Å². The third-order valence-electron chi connectivity index (χ3n) is 3.26. The first kappa shape index (κ1) is 11.5. The normalized spacial score (nSPS) is 21.1. The molecule has 2 N–H and O–H groups in total. The van der Waals surface area contributed by atoms with Crippen LogP contribution in [0.4, 0.5) is 0 Å². The van der Waals surface area contributed by atoms with Crippen molar-refractivity contribution in [3.05, 3.63) is 0 Å². The molecule has 0 bridgehead atoms. The van der Waals surface area contributed by atoms with Crippen molar-refractivity contribution >= 4 is 5.97 Å². The standard InChI is InChI=1S/C11H20O3/c1-11(2,9(12)10(13)14)7-8-5-3-4-6-8/h8-9,12H,3-7H2,1-2H3,(H,13,14). The van der Waals surface area contributed by atoms with Crippen molar-refractivity contribution in [2.24, 2.45) is 11.3 Å². The van der Waals surface area contributed by atoms with Crippen LogP contribution in [0.3, 0.4) is 0 Å². The van der Waals surface area contributed by atoms with Gasteiger partial charge in [0.25, 0.3) is 0 Å². The fourth-order valence-electron chi connectivity index (χ4n) is 2.40. The summed E-state index contributed by atoms with van der Waals surface area (Å²) in [5.74, 6) is -0.494. The van der Waals surface area contributed by atoms with E-state index >= 15 is 0 Å². The maximum Gasteiger partial charge on any atom is 0.333 e. The van der Waals surface area contributed by atoms with Crippen molar-refractivity contribution in [3.63, 3.8) is 0 Å². The van der Waals surface area contributed by atoms with Gasteiger partial charge in [0.1, 0.15) is 0 Å². The summed E-state index contributed by atoms with van der Waals surface area (Å²) < 4.78 is 0. The van der Waals surface area contributed by atoms with Crippen LogP contribution < -0.4 is 0 Å². The van der Waals surface area contributed by atoms with Crippen molar-refractivity contribution in [1.29, 1.82) is 0 Å². The van der Waals surface area contributed by atoms with E-state index in [0.29, 0.717) is 5.92 Å². The van der Waals surface area contributed by atoms with Gasteiger partial charge in [-0.3, -0.25) is 0 Å². The molecule has 0 spiro atoms. The summed E-state index contributed by atoms with van der Waals surface area (Å²) >= 11 is 0. The second-order valence-corrected chi connectivity index (χ2v) is 5.08. The number of rotatable bonds is 4. The summed E-state index contributed by atoms with van der Waals surface area (Å²) in [7, 11) is 0. The van der Waals surface area contributed by atoms with E-state index in [1.54, 1.807) is 0 Å². The van der Waals surface area contributed by atoms with Crippen LogP contribution in [0.25, 0.3) is 0 Å². The number of aliphatic hydroxyl groups excluding tert-OH is 1. The largest absolute Gasteiger partial charge is 0.479 e. The van der Waals surface area contributed by atoms with Gasteiger partial charge in [-0.1, -0.05) is 39.5 Å². The first-order valence-electron chi connectivity index (χ1n) is 5.34. The highest BCUT2D eigenvalue weighted by atomic mass is 16.4. The Morgan fingerprint density at radius 1 is 1.43 bits per heavy atom. The van der Waals surface area contributed by atoms with Crippen LogP contribution in [-0.4, -0.2) is 22.3 Å². The minimum atomic E-state index is -1.23. The molecule has 0 aromatic carbocycles. The number of aliphatic hydroxyl groups is 1. The summed E-state index contributed by atoms with van der Waals surface area (Å²) in [4.78, 5) is 10.7. The second-order valence-electron chi connectivity index (χ2n) is 5.08. The lowest BCUT2D eigenvalue weighted by molar-refractivity contribution is -0.153. The van der Waals surface area contributed by atoms with Gasteiger partial charge in [-0.25, -0.2) is 4.79 Å². The number of carboxylic acids is 1. The van der Waals surface area contributed by atoms with Gasteiger partial charge >= 0.3 is 5.97 Å². The van der Waals surface area contributed by atoms with E-state index in [2.05, 4.69) is 0 Å². The zero-order chi connectivity index (χ0) is 10.8. The van der Waals surface area contributed by atoms with Gasteiger partial charge in [0.15, 0.2) is 6.10 Å². The molecular weight excluding hydrogens is 180 g/mol. The molecule has 1 atom stereocenters. The van der Waals surface area contributed by atoms with Crippen LogP contribution in [0.1, 0.15) is 46.0 Å². The highest BCUT2D eigenvalue weighted by Gasteiger charge is 2.36. The zero-order valence-corrected chi connectivity index (χ0v) is 8.99.